The molecule has 2 aromatic rings. The van der Waals surface area contributed by atoms with E-state index in [1.807, 2.05) is 0 Å². The van der Waals surface area contributed by atoms with Crippen LogP contribution >= 0.6 is 0 Å². The summed E-state index contributed by atoms with van der Waals surface area (Å²) in [7, 11) is 0. The Morgan fingerprint density at radius 3 is 2.46 bits per heavy atom. The van der Waals surface area contributed by atoms with Gasteiger partial charge in [-0.25, -0.2) is 4.39 Å². The fourth-order valence-corrected chi connectivity index (χ4v) is 5.67. The minimum atomic E-state index is -2.72. The normalized spacial score (nSPS) is 24.1. The second-order valence-electron chi connectivity index (χ2n) is 9.79. The Morgan fingerprint density at radius 1 is 1.10 bits per heavy atom. The molecule has 0 aliphatic heterocycles. The van der Waals surface area contributed by atoms with E-state index in [0.717, 1.165) is 6.07 Å². The maximum Gasteiger partial charge on any atom is 0.255 e. The van der Waals surface area contributed by atoms with Crippen LogP contribution in [-0.2, 0) is 20.8 Å². The lowest BCUT2D eigenvalue weighted by Gasteiger charge is -2.45. The van der Waals surface area contributed by atoms with Crippen molar-refractivity contribution in [2.75, 3.05) is 17.2 Å². The van der Waals surface area contributed by atoms with Gasteiger partial charge in [0.25, 0.3) is 5.91 Å². The number of Topliss-reactive ketones (excluding diaryl/α,β-unsaturated/α-hetero) is 2. The van der Waals surface area contributed by atoms with E-state index in [4.69, 9.17) is 5.73 Å². The van der Waals surface area contributed by atoms with Gasteiger partial charge in [-0.2, -0.15) is 0 Å². The third-order valence-electron chi connectivity index (χ3n) is 7.51. The number of nitrogens with two attached hydrogens (primary N) is 1. The van der Waals surface area contributed by atoms with Crippen LogP contribution in [0.5, 0.6) is 5.75 Å². The van der Waals surface area contributed by atoms with Gasteiger partial charge in [0.1, 0.15) is 22.9 Å². The molecule has 3 aliphatic rings. The van der Waals surface area contributed by atoms with Crippen molar-refractivity contribution in [2.45, 2.75) is 24.9 Å². The molecule has 8 N–H and O–H groups in total. The van der Waals surface area contributed by atoms with Crippen molar-refractivity contribution in [3.8, 4) is 5.75 Å². The lowest BCUT2D eigenvalue weighted by molar-refractivity contribution is -0.144. The standard InChI is InChI=1S/C27H24FN3O8/c28-15-9-16(31-18(33)10-30-13-4-2-1-3-5-13)22(34)20-14(15)7-11-6-12-8-17(32)21(26(29)38)25(37)27(12,39)24(36)19(11)23(20)35/h1-5,9,11-12,30,32,34,36,39H,6-8,10H2,(H2,29,38)(H,31,33)/t11?,12-,27-/m0/s1. The van der Waals surface area contributed by atoms with E-state index in [1.54, 1.807) is 30.3 Å². The molecular weight excluding hydrogens is 513 g/mol. The number of phenols is 1. The number of ketones is 2. The SMILES string of the molecule is NC(=O)C1=C(O)C[C@@H]2CC3Cc4c(F)cc(NC(=O)CNc5ccccc5)c(O)c4C(=O)C3=C(O)[C@]2(O)C1=O. The van der Waals surface area contributed by atoms with Gasteiger partial charge in [0.15, 0.2) is 17.1 Å². The monoisotopic (exact) mass is 537 g/mol. The summed E-state index contributed by atoms with van der Waals surface area (Å²) in [6.07, 6.45) is -0.685. The van der Waals surface area contributed by atoms with Crippen molar-refractivity contribution in [2.24, 2.45) is 17.6 Å². The molecule has 0 aromatic heterocycles. The third kappa shape index (κ3) is 4.00. The fourth-order valence-electron chi connectivity index (χ4n) is 5.67. The highest BCUT2D eigenvalue weighted by molar-refractivity contribution is 6.24. The zero-order chi connectivity index (χ0) is 28.2. The Hall–Kier alpha value is -4.71. The molecule has 0 saturated heterocycles. The maximum absolute atomic E-state index is 15.2. The first-order chi connectivity index (χ1) is 18.4. The molecule has 0 heterocycles. The number of benzene rings is 2. The topological polar surface area (TPSA) is 199 Å². The molecule has 2 amide bonds. The molecule has 0 bridgehead atoms. The van der Waals surface area contributed by atoms with E-state index in [1.165, 1.54) is 0 Å². The van der Waals surface area contributed by atoms with Gasteiger partial charge in [-0.1, -0.05) is 18.2 Å². The van der Waals surface area contributed by atoms with Crippen LogP contribution < -0.4 is 16.4 Å². The molecule has 12 heteroatoms. The zero-order valence-electron chi connectivity index (χ0n) is 20.3. The number of hydrogen-bond donors (Lipinski definition) is 7. The maximum atomic E-state index is 15.2. The minimum absolute atomic E-state index is 0.118. The van der Waals surface area contributed by atoms with E-state index >= 15 is 4.39 Å². The molecule has 3 aliphatic carbocycles. The number of carbonyl (C=O) groups excluding carboxylic acids is 4. The molecule has 0 fully saturated rings. The van der Waals surface area contributed by atoms with Crippen LogP contribution in [0.25, 0.3) is 0 Å². The number of carbonyl (C=O) groups is 4. The van der Waals surface area contributed by atoms with Crippen molar-refractivity contribution < 1.29 is 44.0 Å². The molecular formula is C27H24FN3O8. The van der Waals surface area contributed by atoms with E-state index < -0.39 is 80.6 Å². The summed E-state index contributed by atoms with van der Waals surface area (Å²) in [6, 6.07) is 9.64. The summed E-state index contributed by atoms with van der Waals surface area (Å²) in [5, 5.41) is 48.6. The number of aliphatic hydroxyl groups is 3. The van der Waals surface area contributed by atoms with Crippen LogP contribution in [0.2, 0.25) is 0 Å². The van der Waals surface area contributed by atoms with Crippen molar-refractivity contribution in [1.29, 1.82) is 0 Å². The van der Waals surface area contributed by atoms with Gasteiger partial charge in [-0.3, -0.25) is 19.2 Å². The number of aromatic hydroxyl groups is 1. The number of nitrogens with one attached hydrogen (secondary N) is 2. The Kier molecular flexibility index (Phi) is 6.14. The minimum Gasteiger partial charge on any atom is -0.511 e. The van der Waals surface area contributed by atoms with Crippen LogP contribution in [0.1, 0.15) is 28.8 Å². The second-order valence-corrected chi connectivity index (χ2v) is 9.79. The Bertz CT molecular complexity index is 1520. The average Bonchev–Trinajstić information content (AvgIpc) is 2.88. The van der Waals surface area contributed by atoms with Gasteiger partial charge in [0.2, 0.25) is 11.7 Å². The smallest absolute Gasteiger partial charge is 0.255 e. The number of hydrogen-bond acceptors (Lipinski definition) is 9. The van der Waals surface area contributed by atoms with Crippen LogP contribution in [0, 0.1) is 17.7 Å². The molecule has 39 heavy (non-hydrogen) atoms. The summed E-state index contributed by atoms with van der Waals surface area (Å²) in [6.45, 7) is -0.233. The van der Waals surface area contributed by atoms with Crippen molar-refractivity contribution in [1.82, 2.24) is 0 Å². The predicted octanol–water partition coefficient (Wildman–Crippen LogP) is 1.77. The van der Waals surface area contributed by atoms with E-state index in [-0.39, 0.29) is 37.1 Å². The molecule has 2 aromatic carbocycles. The highest BCUT2D eigenvalue weighted by atomic mass is 19.1. The van der Waals surface area contributed by atoms with E-state index in [9.17, 15) is 39.6 Å². The molecule has 0 radical (unpaired) electrons. The first-order valence-electron chi connectivity index (χ1n) is 12.1. The fraction of sp³-hybridized carbons (Fsp3) is 0.259. The Labute approximate surface area is 220 Å². The lowest BCUT2D eigenvalue weighted by atomic mass is 9.60. The summed E-state index contributed by atoms with van der Waals surface area (Å²) in [4.78, 5) is 50.7. The lowest BCUT2D eigenvalue weighted by Crippen LogP contribution is -2.57. The van der Waals surface area contributed by atoms with Gasteiger partial charge >= 0.3 is 0 Å². The summed E-state index contributed by atoms with van der Waals surface area (Å²) in [5.41, 5.74) is 0.709. The van der Waals surface area contributed by atoms with Crippen LogP contribution in [-0.4, -0.2) is 56.0 Å². The van der Waals surface area contributed by atoms with Gasteiger partial charge in [-0.05, 0) is 30.9 Å². The number of para-hydroxylation sites is 1. The van der Waals surface area contributed by atoms with E-state index in [0.29, 0.717) is 5.69 Å². The van der Waals surface area contributed by atoms with Crippen molar-refractivity contribution in [3.05, 3.63) is 76.0 Å². The molecule has 0 saturated carbocycles. The number of amides is 2. The molecule has 11 nitrogen and oxygen atoms in total. The average molecular weight is 538 g/mol. The number of aliphatic hydroxyl groups excluding tert-OH is 2. The summed E-state index contributed by atoms with van der Waals surface area (Å²) < 4.78 is 15.2. The number of halogens is 1. The molecule has 3 atom stereocenters. The van der Waals surface area contributed by atoms with Crippen LogP contribution in [0.3, 0.4) is 0 Å². The molecule has 1 unspecified atom stereocenters. The summed E-state index contributed by atoms with van der Waals surface area (Å²) in [5.74, 6) is -9.68. The number of fused-ring (bicyclic) bond motifs is 3. The highest BCUT2D eigenvalue weighted by Gasteiger charge is 2.59. The number of anilines is 2. The molecule has 0 spiro atoms. The van der Waals surface area contributed by atoms with Crippen LogP contribution in [0.4, 0.5) is 15.8 Å². The second kappa shape index (κ2) is 9.24. The number of rotatable bonds is 5. The molecule has 202 valence electrons. The first kappa shape index (κ1) is 25.9. The van der Waals surface area contributed by atoms with Gasteiger partial charge in [-0.15, -0.1) is 0 Å². The highest BCUT2D eigenvalue weighted by Crippen LogP contribution is 2.52. The van der Waals surface area contributed by atoms with E-state index in [2.05, 4.69) is 10.6 Å². The number of primary amides is 1. The van der Waals surface area contributed by atoms with Crippen LogP contribution in [0.15, 0.2) is 59.1 Å². The summed E-state index contributed by atoms with van der Waals surface area (Å²) >= 11 is 0. The first-order valence-corrected chi connectivity index (χ1v) is 12.1. The number of allylic oxidation sites excluding steroid dienone is 2. The quantitative estimate of drug-likeness (QED) is 0.219. The Balaban J connectivity index is 1.50. The molecule has 5 rings (SSSR count). The van der Waals surface area contributed by atoms with Gasteiger partial charge < -0.3 is 36.8 Å². The number of phenolic OH excluding ortho intramolecular Hbond substituents is 1. The van der Waals surface area contributed by atoms with Gasteiger partial charge in [0, 0.05) is 35.2 Å². The van der Waals surface area contributed by atoms with Crippen molar-refractivity contribution >= 4 is 34.8 Å². The third-order valence-corrected chi connectivity index (χ3v) is 7.51. The predicted molar refractivity (Wildman–Crippen MR) is 134 cm³/mol. The Morgan fingerprint density at radius 2 is 1.79 bits per heavy atom. The van der Waals surface area contributed by atoms with Crippen molar-refractivity contribution in [3.63, 3.8) is 0 Å². The van der Waals surface area contributed by atoms with Gasteiger partial charge in [0.05, 0.1) is 17.8 Å². The zero-order valence-corrected chi connectivity index (χ0v) is 20.3. The largest absolute Gasteiger partial charge is 0.511 e.